The highest BCUT2D eigenvalue weighted by Gasteiger charge is 2.12. The summed E-state index contributed by atoms with van der Waals surface area (Å²) in [7, 11) is 0. The number of para-hydroxylation sites is 1. The largest absolute Gasteiger partial charge is 0.457 e. The minimum atomic E-state index is -0.174. The molecule has 0 bridgehead atoms. The Morgan fingerprint density at radius 2 is 1.61 bits per heavy atom. The summed E-state index contributed by atoms with van der Waals surface area (Å²) in [5.41, 5.74) is 6.16. The second-order valence-electron chi connectivity index (χ2n) is 7.97. The van der Waals surface area contributed by atoms with Crippen LogP contribution in [0, 0.1) is 13.8 Å². The summed E-state index contributed by atoms with van der Waals surface area (Å²) in [5.74, 6) is 1.26. The van der Waals surface area contributed by atoms with E-state index in [1.165, 1.54) is 0 Å². The molecule has 0 aliphatic rings. The van der Waals surface area contributed by atoms with E-state index in [9.17, 15) is 4.79 Å². The van der Waals surface area contributed by atoms with Crippen molar-refractivity contribution in [2.24, 2.45) is 0 Å². The number of rotatable bonds is 5. The Kier molecular flexibility index (Phi) is 5.37. The van der Waals surface area contributed by atoms with Gasteiger partial charge in [0.15, 0.2) is 0 Å². The van der Waals surface area contributed by atoms with E-state index in [2.05, 4.69) is 5.32 Å². The minimum absolute atomic E-state index is 0.174. The topological polar surface area (TPSA) is 55.6 Å². The molecule has 1 N–H and O–H groups in total. The van der Waals surface area contributed by atoms with Gasteiger partial charge in [-0.15, -0.1) is 0 Å². The number of anilines is 1. The van der Waals surface area contributed by atoms with E-state index < -0.39 is 0 Å². The molecule has 0 spiro atoms. The van der Waals surface area contributed by atoms with Crippen LogP contribution >= 0.6 is 0 Å². The molecule has 0 radical (unpaired) electrons. The van der Waals surface area contributed by atoms with Gasteiger partial charge in [-0.05, 0) is 73.5 Å². The van der Waals surface area contributed by atoms with Crippen molar-refractivity contribution < 1.29 is 9.53 Å². The lowest BCUT2D eigenvalue weighted by Gasteiger charge is -2.11. The fourth-order valence-corrected chi connectivity index (χ4v) is 3.70. The molecule has 2 aromatic heterocycles. The van der Waals surface area contributed by atoms with Crippen LogP contribution in [0.25, 0.3) is 16.9 Å². The molecule has 0 saturated carbocycles. The SMILES string of the molecule is Cc1ccc(-c2cn3cccc(C)c3n2)cc1NC(=O)c1ccc(Oc2ccccc2)cc1. The van der Waals surface area contributed by atoms with Gasteiger partial charge in [-0.1, -0.05) is 36.4 Å². The van der Waals surface area contributed by atoms with Crippen molar-refractivity contribution in [2.75, 3.05) is 5.32 Å². The van der Waals surface area contributed by atoms with Gasteiger partial charge in [-0.25, -0.2) is 4.98 Å². The average Bonchev–Trinajstić information content (AvgIpc) is 3.27. The van der Waals surface area contributed by atoms with Gasteiger partial charge >= 0.3 is 0 Å². The smallest absolute Gasteiger partial charge is 0.255 e. The van der Waals surface area contributed by atoms with Crippen LogP contribution in [0.1, 0.15) is 21.5 Å². The molecule has 3 aromatic carbocycles. The third-order valence-corrected chi connectivity index (χ3v) is 5.55. The Labute approximate surface area is 192 Å². The van der Waals surface area contributed by atoms with Crippen LogP contribution in [0.4, 0.5) is 5.69 Å². The normalized spacial score (nSPS) is 10.8. The van der Waals surface area contributed by atoms with Crippen LogP contribution in [0.2, 0.25) is 0 Å². The molecule has 1 amide bonds. The van der Waals surface area contributed by atoms with Gasteiger partial charge in [0, 0.05) is 29.2 Å². The van der Waals surface area contributed by atoms with Crippen molar-refractivity contribution in [1.29, 1.82) is 0 Å². The number of fused-ring (bicyclic) bond motifs is 1. The highest BCUT2D eigenvalue weighted by atomic mass is 16.5. The maximum absolute atomic E-state index is 12.9. The van der Waals surface area contributed by atoms with Crippen LogP contribution < -0.4 is 10.1 Å². The summed E-state index contributed by atoms with van der Waals surface area (Å²) in [6, 6.07) is 26.7. The molecule has 0 unspecified atom stereocenters. The average molecular weight is 434 g/mol. The summed E-state index contributed by atoms with van der Waals surface area (Å²) < 4.78 is 7.82. The lowest BCUT2D eigenvalue weighted by atomic mass is 10.1. The first kappa shape index (κ1) is 20.5. The number of benzene rings is 3. The number of hydrogen-bond donors (Lipinski definition) is 1. The molecule has 5 heteroatoms. The van der Waals surface area contributed by atoms with Gasteiger partial charge in [0.25, 0.3) is 5.91 Å². The first-order valence-corrected chi connectivity index (χ1v) is 10.8. The number of aromatic nitrogens is 2. The predicted molar refractivity (Wildman–Crippen MR) is 131 cm³/mol. The van der Waals surface area contributed by atoms with E-state index in [4.69, 9.17) is 9.72 Å². The number of hydrogen-bond acceptors (Lipinski definition) is 3. The third kappa shape index (κ3) is 4.34. The molecule has 162 valence electrons. The van der Waals surface area contributed by atoms with Crippen LogP contribution in [0.3, 0.4) is 0 Å². The second kappa shape index (κ2) is 8.63. The van der Waals surface area contributed by atoms with E-state index in [0.717, 1.165) is 39.5 Å². The maximum atomic E-state index is 12.9. The predicted octanol–water partition coefficient (Wildman–Crippen LogP) is 6.66. The zero-order valence-electron chi connectivity index (χ0n) is 18.4. The molecule has 5 aromatic rings. The quantitative estimate of drug-likeness (QED) is 0.337. The van der Waals surface area contributed by atoms with Crippen molar-refractivity contribution in [3.05, 3.63) is 114 Å². The number of imidazole rings is 1. The van der Waals surface area contributed by atoms with E-state index in [1.807, 2.05) is 91.3 Å². The zero-order chi connectivity index (χ0) is 22.8. The molecule has 0 fully saturated rings. The molecule has 0 aliphatic heterocycles. The molecule has 2 heterocycles. The summed E-state index contributed by atoms with van der Waals surface area (Å²) in [4.78, 5) is 17.7. The van der Waals surface area contributed by atoms with Crippen molar-refractivity contribution in [2.45, 2.75) is 13.8 Å². The van der Waals surface area contributed by atoms with Crippen molar-refractivity contribution in [3.8, 4) is 22.8 Å². The van der Waals surface area contributed by atoms with Gasteiger partial charge in [0.1, 0.15) is 17.1 Å². The van der Waals surface area contributed by atoms with Gasteiger partial charge < -0.3 is 14.5 Å². The van der Waals surface area contributed by atoms with Crippen LogP contribution in [-0.2, 0) is 0 Å². The Balaban J connectivity index is 1.35. The summed E-state index contributed by atoms with van der Waals surface area (Å²) in [6.07, 6.45) is 3.99. The fraction of sp³-hybridized carbons (Fsp3) is 0.0714. The molecular weight excluding hydrogens is 410 g/mol. The first-order valence-electron chi connectivity index (χ1n) is 10.8. The first-order chi connectivity index (χ1) is 16.1. The molecule has 5 nitrogen and oxygen atoms in total. The Hall–Kier alpha value is -4.38. The highest BCUT2D eigenvalue weighted by molar-refractivity contribution is 6.05. The van der Waals surface area contributed by atoms with Crippen LogP contribution in [-0.4, -0.2) is 15.3 Å². The van der Waals surface area contributed by atoms with Crippen LogP contribution in [0.5, 0.6) is 11.5 Å². The van der Waals surface area contributed by atoms with Gasteiger partial charge in [0.05, 0.1) is 5.69 Å². The number of aryl methyl sites for hydroxylation is 2. The number of pyridine rings is 1. The monoisotopic (exact) mass is 433 g/mol. The lowest BCUT2D eigenvalue weighted by Crippen LogP contribution is -2.12. The van der Waals surface area contributed by atoms with Gasteiger partial charge in [0.2, 0.25) is 0 Å². The van der Waals surface area contributed by atoms with E-state index in [1.54, 1.807) is 24.3 Å². The van der Waals surface area contributed by atoms with E-state index in [0.29, 0.717) is 11.3 Å². The Morgan fingerprint density at radius 3 is 2.36 bits per heavy atom. The van der Waals surface area contributed by atoms with Gasteiger partial charge in [-0.3, -0.25) is 4.79 Å². The molecule has 0 aliphatic carbocycles. The number of amides is 1. The molecule has 33 heavy (non-hydrogen) atoms. The van der Waals surface area contributed by atoms with Crippen LogP contribution in [0.15, 0.2) is 97.3 Å². The zero-order valence-corrected chi connectivity index (χ0v) is 18.4. The molecule has 5 rings (SSSR count). The molecule has 0 atom stereocenters. The molecule has 0 saturated heterocycles. The lowest BCUT2D eigenvalue weighted by molar-refractivity contribution is 0.102. The van der Waals surface area contributed by atoms with Crippen molar-refractivity contribution >= 4 is 17.2 Å². The van der Waals surface area contributed by atoms with Crippen molar-refractivity contribution in [1.82, 2.24) is 9.38 Å². The number of nitrogens with zero attached hydrogens (tertiary/aromatic N) is 2. The van der Waals surface area contributed by atoms with E-state index >= 15 is 0 Å². The summed E-state index contributed by atoms with van der Waals surface area (Å²) >= 11 is 0. The van der Waals surface area contributed by atoms with Gasteiger partial charge in [-0.2, -0.15) is 0 Å². The number of carbonyl (C=O) groups is 1. The number of ether oxygens (including phenoxy) is 1. The minimum Gasteiger partial charge on any atom is -0.457 e. The highest BCUT2D eigenvalue weighted by Crippen LogP contribution is 2.27. The number of nitrogens with one attached hydrogen (secondary N) is 1. The maximum Gasteiger partial charge on any atom is 0.255 e. The van der Waals surface area contributed by atoms with E-state index in [-0.39, 0.29) is 5.91 Å². The third-order valence-electron chi connectivity index (χ3n) is 5.55. The second-order valence-corrected chi connectivity index (χ2v) is 7.97. The Bertz CT molecular complexity index is 1440. The molecular formula is C28H23N3O2. The summed E-state index contributed by atoms with van der Waals surface area (Å²) in [5, 5.41) is 3.04. The van der Waals surface area contributed by atoms with Crippen molar-refractivity contribution in [3.63, 3.8) is 0 Å². The fourth-order valence-electron chi connectivity index (χ4n) is 3.70. The Morgan fingerprint density at radius 1 is 0.848 bits per heavy atom. The summed E-state index contributed by atoms with van der Waals surface area (Å²) in [6.45, 7) is 4.02. The number of carbonyl (C=O) groups excluding carboxylic acids is 1. The standard InChI is InChI=1S/C28H23N3O2/c1-19-10-11-22(26-18-31-16-6-7-20(2)27(31)29-26)17-25(19)30-28(32)21-12-14-24(15-13-21)33-23-8-4-3-5-9-23/h3-18H,1-2H3,(H,30,32).